The molecule has 6 nitrogen and oxygen atoms in total. The molecule has 2 N–H and O–H groups in total. The van der Waals surface area contributed by atoms with E-state index in [-0.39, 0.29) is 29.9 Å². The molecule has 7 heteroatoms. The lowest BCUT2D eigenvalue weighted by Crippen LogP contribution is -2.36. The molecule has 0 saturated carbocycles. The highest BCUT2D eigenvalue weighted by atomic mass is 127. The molecule has 1 heterocycles. The summed E-state index contributed by atoms with van der Waals surface area (Å²) in [6, 6.07) is 15.7. The van der Waals surface area contributed by atoms with Crippen molar-refractivity contribution < 1.29 is 9.53 Å². The zero-order chi connectivity index (χ0) is 20.5. The largest absolute Gasteiger partial charge is 0.496 e. The number of piperidine rings is 1. The molecule has 1 aliphatic heterocycles. The van der Waals surface area contributed by atoms with E-state index >= 15 is 0 Å². The Bertz CT molecular complexity index is 833. The van der Waals surface area contributed by atoms with E-state index in [1.807, 2.05) is 53.4 Å². The Morgan fingerprint density at radius 3 is 2.33 bits per heavy atom. The van der Waals surface area contributed by atoms with Crippen LogP contribution in [0.3, 0.4) is 0 Å². The second kappa shape index (κ2) is 12.4. The van der Waals surface area contributed by atoms with Crippen LogP contribution >= 0.6 is 24.0 Å². The number of hydrogen-bond acceptors (Lipinski definition) is 3. The van der Waals surface area contributed by atoms with Gasteiger partial charge in [0.1, 0.15) is 5.75 Å². The Morgan fingerprint density at radius 2 is 1.67 bits per heavy atom. The molecule has 0 unspecified atom stereocenters. The maximum absolute atomic E-state index is 12.6. The number of guanidine groups is 1. The number of nitrogens with zero attached hydrogens (tertiary/aromatic N) is 2. The number of halogens is 1. The van der Waals surface area contributed by atoms with Crippen molar-refractivity contribution in [3.63, 3.8) is 0 Å². The van der Waals surface area contributed by atoms with Crippen molar-refractivity contribution in [2.24, 2.45) is 4.99 Å². The summed E-state index contributed by atoms with van der Waals surface area (Å²) in [5.41, 5.74) is 2.92. The maximum Gasteiger partial charge on any atom is 0.253 e. The highest BCUT2D eigenvalue weighted by molar-refractivity contribution is 14.0. The van der Waals surface area contributed by atoms with Crippen LogP contribution < -0.4 is 15.4 Å². The van der Waals surface area contributed by atoms with Crippen LogP contribution in [0, 0.1) is 0 Å². The summed E-state index contributed by atoms with van der Waals surface area (Å²) in [5, 5.41) is 6.61. The first-order chi connectivity index (χ1) is 14.2. The third-order valence-electron chi connectivity index (χ3n) is 5.17. The van der Waals surface area contributed by atoms with Gasteiger partial charge in [0, 0.05) is 44.4 Å². The molecule has 2 aromatic carbocycles. The van der Waals surface area contributed by atoms with Crippen LogP contribution in [-0.4, -0.2) is 44.0 Å². The van der Waals surface area contributed by atoms with Crippen molar-refractivity contribution in [3.8, 4) is 5.75 Å². The van der Waals surface area contributed by atoms with Gasteiger partial charge in [0.25, 0.3) is 5.91 Å². The highest BCUT2D eigenvalue weighted by Crippen LogP contribution is 2.17. The number of amides is 1. The van der Waals surface area contributed by atoms with Crippen LogP contribution in [0.25, 0.3) is 0 Å². The summed E-state index contributed by atoms with van der Waals surface area (Å²) in [5.74, 6) is 1.70. The van der Waals surface area contributed by atoms with Gasteiger partial charge in [-0.2, -0.15) is 0 Å². The fraction of sp³-hybridized carbons (Fsp3) is 0.391. The fourth-order valence-corrected chi connectivity index (χ4v) is 3.48. The molecule has 162 valence electrons. The van der Waals surface area contributed by atoms with E-state index in [9.17, 15) is 4.79 Å². The number of carbonyl (C=O) groups excluding carboxylic acids is 1. The topological polar surface area (TPSA) is 66.0 Å². The van der Waals surface area contributed by atoms with Crippen molar-refractivity contribution in [2.75, 3.05) is 27.2 Å². The minimum absolute atomic E-state index is 0. The maximum atomic E-state index is 12.6. The average Bonchev–Trinajstić information content (AvgIpc) is 2.80. The SMILES string of the molecule is CN=C(NCc1ccc(C(=O)N2CCCCC2)cc1)NCc1ccccc1OC.I. The summed E-state index contributed by atoms with van der Waals surface area (Å²) in [4.78, 5) is 18.8. The van der Waals surface area contributed by atoms with Crippen LogP contribution in [-0.2, 0) is 13.1 Å². The number of aliphatic imine (C=N–C) groups is 1. The lowest BCUT2D eigenvalue weighted by atomic mass is 10.1. The van der Waals surface area contributed by atoms with Crippen molar-refractivity contribution in [2.45, 2.75) is 32.4 Å². The van der Waals surface area contributed by atoms with Gasteiger partial charge < -0.3 is 20.3 Å². The van der Waals surface area contributed by atoms with Crippen LogP contribution in [0.2, 0.25) is 0 Å². The molecule has 1 amide bonds. The first-order valence-electron chi connectivity index (χ1n) is 10.2. The molecule has 30 heavy (non-hydrogen) atoms. The third-order valence-corrected chi connectivity index (χ3v) is 5.17. The number of likely N-dealkylation sites (tertiary alicyclic amines) is 1. The quantitative estimate of drug-likeness (QED) is 0.344. The molecule has 3 rings (SSSR count). The Balaban J connectivity index is 0.00000320. The fourth-order valence-electron chi connectivity index (χ4n) is 3.48. The minimum atomic E-state index is 0. The zero-order valence-corrected chi connectivity index (χ0v) is 20.0. The number of carbonyl (C=O) groups is 1. The highest BCUT2D eigenvalue weighted by Gasteiger charge is 2.17. The van der Waals surface area contributed by atoms with Crippen LogP contribution in [0.5, 0.6) is 5.75 Å². The summed E-state index contributed by atoms with van der Waals surface area (Å²) in [6.07, 6.45) is 3.43. The van der Waals surface area contributed by atoms with E-state index in [0.717, 1.165) is 48.4 Å². The predicted octanol–water partition coefficient (Wildman–Crippen LogP) is 3.80. The first kappa shape index (κ1) is 24.0. The van der Waals surface area contributed by atoms with Crippen molar-refractivity contribution in [3.05, 3.63) is 65.2 Å². The van der Waals surface area contributed by atoms with Gasteiger partial charge in [-0.05, 0) is 43.0 Å². The monoisotopic (exact) mass is 522 g/mol. The second-order valence-corrected chi connectivity index (χ2v) is 7.14. The lowest BCUT2D eigenvalue weighted by molar-refractivity contribution is 0.0724. The van der Waals surface area contributed by atoms with Crippen LogP contribution in [0.1, 0.15) is 40.7 Å². The van der Waals surface area contributed by atoms with E-state index in [4.69, 9.17) is 4.74 Å². The Labute approximate surface area is 196 Å². The van der Waals surface area contributed by atoms with Gasteiger partial charge >= 0.3 is 0 Å². The zero-order valence-electron chi connectivity index (χ0n) is 17.7. The number of ether oxygens (including phenoxy) is 1. The number of nitrogens with one attached hydrogen (secondary N) is 2. The van der Waals surface area contributed by atoms with Crippen LogP contribution in [0.4, 0.5) is 0 Å². The Morgan fingerprint density at radius 1 is 1.00 bits per heavy atom. The number of hydrogen-bond donors (Lipinski definition) is 2. The number of benzene rings is 2. The van der Waals surface area contributed by atoms with Crippen LogP contribution in [0.15, 0.2) is 53.5 Å². The molecule has 1 aliphatic rings. The van der Waals surface area contributed by atoms with Gasteiger partial charge in [-0.1, -0.05) is 30.3 Å². The molecular formula is C23H31IN4O2. The molecule has 0 aromatic heterocycles. The van der Waals surface area contributed by atoms with E-state index in [1.165, 1.54) is 6.42 Å². The molecular weight excluding hydrogens is 491 g/mol. The molecule has 0 atom stereocenters. The Hall–Kier alpha value is -2.29. The van der Waals surface area contributed by atoms with Gasteiger partial charge in [0.15, 0.2) is 5.96 Å². The average molecular weight is 522 g/mol. The van der Waals surface area contributed by atoms with Gasteiger partial charge in [-0.25, -0.2) is 0 Å². The van der Waals surface area contributed by atoms with Crippen molar-refractivity contribution in [1.82, 2.24) is 15.5 Å². The molecule has 0 bridgehead atoms. The van der Waals surface area contributed by atoms with E-state index < -0.39 is 0 Å². The molecule has 0 aliphatic carbocycles. The number of methoxy groups -OCH3 is 1. The van der Waals surface area contributed by atoms with Gasteiger partial charge in [0.2, 0.25) is 0 Å². The second-order valence-electron chi connectivity index (χ2n) is 7.14. The number of rotatable bonds is 6. The standard InChI is InChI=1S/C23H30N4O2.HI/c1-24-23(26-17-20-8-4-5-9-21(20)29-2)25-16-18-10-12-19(13-11-18)22(28)27-14-6-3-7-15-27;/h4-5,8-13H,3,6-7,14-17H2,1-2H3,(H2,24,25,26);1H. The predicted molar refractivity (Wildman–Crippen MR) is 132 cm³/mol. The summed E-state index contributed by atoms with van der Waals surface area (Å²) >= 11 is 0. The van der Waals surface area contributed by atoms with Gasteiger partial charge in [-0.3, -0.25) is 9.79 Å². The molecule has 1 fully saturated rings. The molecule has 0 radical (unpaired) electrons. The van der Waals surface area contributed by atoms with Gasteiger partial charge in [-0.15, -0.1) is 24.0 Å². The van der Waals surface area contributed by atoms with Crippen molar-refractivity contribution >= 4 is 35.8 Å². The number of para-hydroxylation sites is 1. The van der Waals surface area contributed by atoms with Gasteiger partial charge in [0.05, 0.1) is 7.11 Å². The summed E-state index contributed by atoms with van der Waals surface area (Å²) in [6.45, 7) is 2.99. The summed E-state index contributed by atoms with van der Waals surface area (Å²) in [7, 11) is 3.42. The smallest absolute Gasteiger partial charge is 0.253 e. The molecule has 1 saturated heterocycles. The lowest BCUT2D eigenvalue weighted by Gasteiger charge is -2.26. The molecule has 2 aromatic rings. The van der Waals surface area contributed by atoms with E-state index in [0.29, 0.717) is 19.0 Å². The minimum Gasteiger partial charge on any atom is -0.496 e. The third kappa shape index (κ3) is 6.62. The van der Waals surface area contributed by atoms with E-state index in [1.54, 1.807) is 14.2 Å². The summed E-state index contributed by atoms with van der Waals surface area (Å²) < 4.78 is 5.38. The Kier molecular flexibility index (Phi) is 9.93. The van der Waals surface area contributed by atoms with E-state index in [2.05, 4.69) is 15.6 Å². The molecule has 0 spiro atoms. The first-order valence-corrected chi connectivity index (χ1v) is 10.2. The normalized spacial score (nSPS) is 13.9. The van der Waals surface area contributed by atoms with Crippen molar-refractivity contribution in [1.29, 1.82) is 0 Å².